The molecule has 6 aromatic rings. The van der Waals surface area contributed by atoms with Gasteiger partial charge in [0.1, 0.15) is 129 Å². The molecule has 2 aromatic carbocycles. The second-order valence-electron chi connectivity index (χ2n) is 22.2. The number of nitrogens with zero attached hydrogens (tertiary/aromatic N) is 5. The predicted molar refractivity (Wildman–Crippen MR) is 293 cm³/mol. The first-order valence-electron chi connectivity index (χ1n) is 25.6. The highest BCUT2D eigenvalue weighted by molar-refractivity contribution is 6.76. The van der Waals surface area contributed by atoms with E-state index in [1.54, 1.807) is 10.6 Å². The van der Waals surface area contributed by atoms with Crippen LogP contribution in [0.2, 0.25) is 59.0 Å². The molecule has 0 bridgehead atoms. The van der Waals surface area contributed by atoms with Crippen LogP contribution >= 0.6 is 34.8 Å². The molecule has 0 saturated carbocycles. The average Bonchev–Trinajstić information content (AvgIpc) is 4.40. The number of pyridine rings is 2. The molecule has 0 unspecified atom stereocenters. The van der Waals surface area contributed by atoms with Crippen LogP contribution in [0.3, 0.4) is 0 Å². The first-order valence-corrected chi connectivity index (χ1v) is 33.3. The molecule has 26 heteroatoms. The zero-order chi connectivity index (χ0) is 58.0. The zero-order valence-corrected chi connectivity index (χ0v) is 49.3. The molecule has 80 heavy (non-hydrogen) atoms. The lowest BCUT2D eigenvalue weighted by Gasteiger charge is -2.39. The SMILES string of the molecule is CC(C)(C)[Si](C)(C)O[C@@H]1CO[C@H]2[C@@H]1OC[C@H]2O.C[Si](C)(C)CCOCn1c(Cl)c(C#N)c2nc(OCc3c(F)cccc3F)c(Cl)cc21.N#Cc1c(O[C@@H]2CO[C@H]3[C@@H]2OC[C@H]3O)[nH]c2cc(Cl)c(OCc3c(F)cccc3F)nc12. The second-order valence-corrected chi connectivity index (χ2v) is 33.7. The number of hydrogen-bond donors (Lipinski definition) is 3. The van der Waals surface area contributed by atoms with Gasteiger partial charge in [-0.3, -0.25) is 0 Å². The number of hydrogen-bond acceptors (Lipinski definition) is 15. The third kappa shape index (κ3) is 13.5. The summed E-state index contributed by atoms with van der Waals surface area (Å²) in [4.78, 5) is 11.5. The van der Waals surface area contributed by atoms with Crippen LogP contribution in [0.15, 0.2) is 48.5 Å². The molecule has 4 aliphatic heterocycles. The van der Waals surface area contributed by atoms with E-state index in [2.05, 4.69) is 68.5 Å². The van der Waals surface area contributed by atoms with Gasteiger partial charge < -0.3 is 62.1 Å². The van der Waals surface area contributed by atoms with Crippen molar-refractivity contribution in [1.29, 1.82) is 10.5 Å². The molecular formula is C54H61Cl3F4N6O11Si2. The number of fused-ring (bicyclic) bond motifs is 4. The monoisotopic (exact) mass is 1210 g/mol. The number of nitrogens with one attached hydrogen (secondary N) is 1. The van der Waals surface area contributed by atoms with Crippen LogP contribution in [-0.2, 0) is 48.1 Å². The molecule has 8 heterocycles. The normalized spacial score (nSPS) is 22.5. The van der Waals surface area contributed by atoms with E-state index in [1.165, 1.54) is 18.2 Å². The van der Waals surface area contributed by atoms with Crippen LogP contribution in [0.1, 0.15) is 43.0 Å². The Balaban J connectivity index is 0.000000165. The number of aliphatic hydroxyl groups excluding tert-OH is 2. The summed E-state index contributed by atoms with van der Waals surface area (Å²) >= 11 is 18.9. The molecule has 0 radical (unpaired) electrons. The summed E-state index contributed by atoms with van der Waals surface area (Å²) in [6.45, 7) is 19.0. The lowest BCUT2D eigenvalue weighted by atomic mass is 10.1. The van der Waals surface area contributed by atoms with E-state index < -0.39 is 83.4 Å². The molecule has 4 aromatic heterocycles. The van der Waals surface area contributed by atoms with Crippen molar-refractivity contribution in [3.8, 4) is 29.8 Å². The molecule has 4 fully saturated rings. The molecular weight excluding hydrogens is 1150 g/mol. The molecule has 430 valence electrons. The number of aromatic amines is 1. The summed E-state index contributed by atoms with van der Waals surface area (Å²) in [5.41, 5.74) is 1.14. The fourth-order valence-electron chi connectivity index (χ4n) is 8.81. The van der Waals surface area contributed by atoms with E-state index in [0.717, 1.165) is 30.3 Å². The molecule has 0 spiro atoms. The zero-order valence-electron chi connectivity index (χ0n) is 45.1. The standard InChI is InChI=1S/C21H21Cl2F2N3O2Si.C21H16ClF2N3O5.C12H24O4Si/c1-31(2,3)8-7-29-12-28-18-9-15(22)21(27-19(18)13(10-26)20(28)23)30-11-14-16(24)5-4-6-17(14)25;22-11-4-14-17(27-21(11)31-6-10-12(23)2-1-3-13(10)24)9(5-25)20(26-14)32-16-8-30-18-15(28)7-29-19(16)18;1-12(2,3)17(4,5)16-9-7-15-10-8(13)6-14-11(9)10/h4-6,9H,7-8,11-12H2,1-3H3;1-4,15-16,18-19,26,28H,6-8H2;8-11,13H,6-7H2,1-5H3/t;15-,16-,18-,19-;8-,9-,10-,11-/m.11/s1. The van der Waals surface area contributed by atoms with E-state index in [0.29, 0.717) is 30.9 Å². The number of rotatable bonds is 15. The van der Waals surface area contributed by atoms with Gasteiger partial charge in [-0.1, -0.05) is 87.3 Å². The molecule has 0 amide bonds. The van der Waals surface area contributed by atoms with Crippen LogP contribution in [0.4, 0.5) is 17.6 Å². The first kappa shape index (κ1) is 61.0. The molecule has 0 aliphatic carbocycles. The van der Waals surface area contributed by atoms with E-state index in [4.69, 9.17) is 77.1 Å². The number of aromatic nitrogens is 4. The Hall–Kier alpha value is -5.10. The van der Waals surface area contributed by atoms with Crippen molar-refractivity contribution in [3.63, 3.8) is 0 Å². The van der Waals surface area contributed by atoms with E-state index in [-0.39, 0.29) is 109 Å². The molecule has 17 nitrogen and oxygen atoms in total. The van der Waals surface area contributed by atoms with Gasteiger partial charge in [0.2, 0.25) is 17.6 Å². The van der Waals surface area contributed by atoms with Crippen molar-refractivity contribution in [1.82, 2.24) is 19.5 Å². The van der Waals surface area contributed by atoms with Crippen molar-refractivity contribution in [2.75, 3.05) is 33.0 Å². The Labute approximate surface area is 476 Å². The Kier molecular flexibility index (Phi) is 19.2. The van der Waals surface area contributed by atoms with Gasteiger partial charge in [0, 0.05) is 14.7 Å². The molecule has 8 atom stereocenters. The summed E-state index contributed by atoms with van der Waals surface area (Å²) < 4.78 is 108. The third-order valence-corrected chi connectivity index (χ3v) is 21.4. The first-order chi connectivity index (χ1) is 37.8. The van der Waals surface area contributed by atoms with E-state index in [1.807, 2.05) is 12.1 Å². The third-order valence-electron chi connectivity index (χ3n) is 14.3. The summed E-state index contributed by atoms with van der Waals surface area (Å²) in [7, 11) is -3.04. The quantitative estimate of drug-likeness (QED) is 0.0495. The average molecular weight is 1210 g/mol. The smallest absolute Gasteiger partial charge is 0.233 e. The van der Waals surface area contributed by atoms with Gasteiger partial charge in [0.05, 0.1) is 54.7 Å². The number of ether oxygens (including phenoxy) is 8. The highest BCUT2D eigenvalue weighted by Crippen LogP contribution is 2.41. The Morgan fingerprint density at radius 2 is 1.20 bits per heavy atom. The van der Waals surface area contributed by atoms with Gasteiger partial charge in [-0.05, 0) is 60.6 Å². The minimum absolute atomic E-state index is 0.0157. The maximum atomic E-state index is 13.9. The number of nitriles is 2. The minimum atomic E-state index is -1.79. The predicted octanol–water partition coefficient (Wildman–Crippen LogP) is 10.8. The fourth-order valence-corrected chi connectivity index (χ4v) is 11.6. The van der Waals surface area contributed by atoms with Gasteiger partial charge in [0.25, 0.3) is 0 Å². The molecule has 4 aliphatic rings. The van der Waals surface area contributed by atoms with Gasteiger partial charge in [-0.25, -0.2) is 27.5 Å². The topological polar surface area (TPSA) is 218 Å². The minimum Gasteiger partial charge on any atom is -0.471 e. The number of halogens is 7. The summed E-state index contributed by atoms with van der Waals surface area (Å²) in [6.07, 6.45) is -3.00. The van der Waals surface area contributed by atoms with Crippen molar-refractivity contribution >= 4 is 73.3 Å². The van der Waals surface area contributed by atoms with E-state index in [9.17, 15) is 38.3 Å². The maximum absolute atomic E-state index is 13.9. The van der Waals surface area contributed by atoms with Crippen molar-refractivity contribution in [2.24, 2.45) is 0 Å². The van der Waals surface area contributed by atoms with Gasteiger partial charge >= 0.3 is 0 Å². The Bertz CT molecular complexity index is 3260. The summed E-state index contributed by atoms with van der Waals surface area (Å²) in [5, 5.41) is 39.3. The molecule has 10 rings (SSSR count). The van der Waals surface area contributed by atoms with Crippen LogP contribution in [0.5, 0.6) is 17.6 Å². The number of aliphatic hydroxyl groups is 2. The van der Waals surface area contributed by atoms with Crippen molar-refractivity contribution in [3.05, 3.63) is 109 Å². The van der Waals surface area contributed by atoms with Crippen molar-refractivity contribution < 1.29 is 70.1 Å². The lowest BCUT2D eigenvalue weighted by molar-refractivity contribution is 0.00562. The van der Waals surface area contributed by atoms with Crippen LogP contribution in [-0.4, -0.2) is 128 Å². The summed E-state index contributed by atoms with van der Waals surface area (Å²) in [5.74, 6) is -2.99. The fraction of sp³-hybridized carbons (Fsp3) is 0.481. The maximum Gasteiger partial charge on any atom is 0.233 e. The lowest BCUT2D eigenvalue weighted by Crippen LogP contribution is -2.47. The molecule has 3 N–H and O–H groups in total. The van der Waals surface area contributed by atoms with Crippen LogP contribution in [0.25, 0.3) is 22.1 Å². The number of H-pyrrole nitrogens is 1. The van der Waals surface area contributed by atoms with Crippen LogP contribution in [0, 0.1) is 45.9 Å². The molecule has 4 saturated heterocycles. The Morgan fingerprint density at radius 3 is 1.71 bits per heavy atom. The highest BCUT2D eigenvalue weighted by atomic mass is 35.5. The van der Waals surface area contributed by atoms with Crippen molar-refractivity contribution in [2.45, 2.75) is 133 Å². The van der Waals surface area contributed by atoms with Gasteiger partial charge in [0.15, 0.2) is 14.4 Å². The second kappa shape index (κ2) is 25.2. The largest absolute Gasteiger partial charge is 0.471 e. The number of benzene rings is 2. The Morgan fingerprint density at radius 1 is 0.713 bits per heavy atom. The van der Waals surface area contributed by atoms with E-state index >= 15 is 0 Å². The van der Waals surface area contributed by atoms with Crippen LogP contribution < -0.4 is 14.2 Å². The van der Waals surface area contributed by atoms with Gasteiger partial charge in [-0.15, -0.1) is 0 Å². The summed E-state index contributed by atoms with van der Waals surface area (Å²) in [6, 6.07) is 15.1. The van der Waals surface area contributed by atoms with Gasteiger partial charge in [-0.2, -0.15) is 10.5 Å². The highest BCUT2D eigenvalue weighted by Gasteiger charge is 2.51.